The van der Waals surface area contributed by atoms with E-state index in [2.05, 4.69) is 17.6 Å². The third-order valence-corrected chi connectivity index (χ3v) is 1.12. The van der Waals surface area contributed by atoms with E-state index in [-0.39, 0.29) is 0 Å². The summed E-state index contributed by atoms with van der Waals surface area (Å²) in [5, 5.41) is 8.28. The molecule has 58 valence electrons. The molecular weight excluding hydrogens is 170 g/mol. The van der Waals surface area contributed by atoms with Crippen LogP contribution >= 0.6 is 12.6 Å². The third kappa shape index (κ3) is 2.82. The maximum atomic E-state index is 10.2. The molecule has 0 aromatic heterocycles. The Morgan fingerprint density at radius 1 is 1.55 bits per heavy atom. The molecule has 0 bridgehead atoms. The number of aliphatic carboxylic acids is 1. The van der Waals surface area contributed by atoms with Gasteiger partial charge in [0.2, 0.25) is 12.1 Å². The van der Waals surface area contributed by atoms with Crippen molar-refractivity contribution in [3.8, 4) is 0 Å². The Morgan fingerprint density at radius 2 is 2.09 bits per heavy atom. The zero-order valence-corrected chi connectivity index (χ0v) is 6.04. The van der Waals surface area contributed by atoms with Gasteiger partial charge in [-0.25, -0.2) is 14.4 Å². The molecular formula is C5H3NO4S. The highest BCUT2D eigenvalue weighted by molar-refractivity contribution is 7.85. The van der Waals surface area contributed by atoms with Crippen LogP contribution in [0.3, 0.4) is 0 Å². The van der Waals surface area contributed by atoms with Crippen LogP contribution in [0.5, 0.6) is 0 Å². The second kappa shape index (κ2) is 4.46. The molecule has 0 aromatic rings. The Balaban J connectivity index is 4.75. The zero-order valence-electron chi connectivity index (χ0n) is 5.14. The first-order chi connectivity index (χ1) is 5.13. The number of isocyanates is 1. The number of nitrogens with zero attached hydrogens (tertiary/aromatic N) is 1. The van der Waals surface area contributed by atoms with Gasteiger partial charge in [-0.15, -0.1) is 12.6 Å². The van der Waals surface area contributed by atoms with Crippen molar-refractivity contribution in [2.75, 3.05) is 0 Å². The molecule has 0 aliphatic heterocycles. The van der Waals surface area contributed by atoms with Crippen LogP contribution < -0.4 is 0 Å². The van der Waals surface area contributed by atoms with Crippen LogP contribution in [0.1, 0.15) is 0 Å². The summed E-state index contributed by atoms with van der Waals surface area (Å²) in [6, 6.07) is -1.58. The van der Waals surface area contributed by atoms with Crippen LogP contribution in [0.2, 0.25) is 0 Å². The largest absolute Gasteiger partial charge is 0.479 e. The summed E-state index contributed by atoms with van der Waals surface area (Å²) in [6.45, 7) is 0. The second-order valence-electron chi connectivity index (χ2n) is 1.45. The van der Waals surface area contributed by atoms with Crippen molar-refractivity contribution < 1.29 is 19.5 Å². The molecule has 5 nitrogen and oxygen atoms in total. The smallest absolute Gasteiger partial charge is 0.335 e. The van der Waals surface area contributed by atoms with Gasteiger partial charge < -0.3 is 5.11 Å². The minimum Gasteiger partial charge on any atom is -0.479 e. The Hall–Kier alpha value is -1.35. The number of hydrogen-bond donors (Lipinski definition) is 2. The van der Waals surface area contributed by atoms with Crippen LogP contribution in [0.15, 0.2) is 9.90 Å². The van der Waals surface area contributed by atoms with Crippen LogP contribution in [-0.4, -0.2) is 29.1 Å². The molecule has 1 atom stereocenters. The highest BCUT2D eigenvalue weighted by Gasteiger charge is 2.19. The Morgan fingerprint density at radius 3 is 2.36 bits per heavy atom. The Bertz CT molecular complexity index is 260. The van der Waals surface area contributed by atoms with E-state index in [0.717, 1.165) is 6.08 Å². The number of carboxylic acids is 1. The molecule has 11 heavy (non-hydrogen) atoms. The van der Waals surface area contributed by atoms with E-state index in [1.54, 1.807) is 0 Å². The average molecular weight is 173 g/mol. The van der Waals surface area contributed by atoms with Crippen molar-refractivity contribution in [3.05, 3.63) is 4.91 Å². The minimum absolute atomic E-state index is 0.458. The summed E-state index contributed by atoms with van der Waals surface area (Å²) < 4.78 is 0. The van der Waals surface area contributed by atoms with Crippen molar-refractivity contribution in [1.29, 1.82) is 0 Å². The maximum Gasteiger partial charge on any atom is 0.335 e. The fraction of sp³-hybridized carbons (Fsp3) is 0.200. The Kier molecular flexibility index (Phi) is 3.92. The van der Waals surface area contributed by atoms with Gasteiger partial charge in [-0.1, -0.05) is 0 Å². The fourth-order valence-corrected chi connectivity index (χ4v) is 0.510. The summed E-state index contributed by atoms with van der Waals surface area (Å²) in [7, 11) is 0. The third-order valence-electron chi connectivity index (χ3n) is 0.779. The first-order valence-electron chi connectivity index (χ1n) is 2.37. The van der Waals surface area contributed by atoms with Gasteiger partial charge in [-0.2, -0.15) is 4.99 Å². The molecule has 0 unspecified atom stereocenters. The van der Waals surface area contributed by atoms with Crippen LogP contribution in [0.4, 0.5) is 0 Å². The molecule has 0 radical (unpaired) electrons. The summed E-state index contributed by atoms with van der Waals surface area (Å²) in [6.07, 6.45) is 1.01. The van der Waals surface area contributed by atoms with Crippen molar-refractivity contribution in [1.82, 2.24) is 0 Å². The number of carbonyl (C=O) groups excluding carboxylic acids is 2. The van der Waals surface area contributed by atoms with Crippen LogP contribution in [0, 0.1) is 0 Å². The van der Waals surface area contributed by atoms with Gasteiger partial charge in [-0.05, 0) is 0 Å². The molecule has 0 saturated carbocycles. The van der Waals surface area contributed by atoms with Crippen LogP contribution in [-0.2, 0) is 14.4 Å². The van der Waals surface area contributed by atoms with E-state index < -0.39 is 16.9 Å². The number of hydrogen-bond acceptors (Lipinski definition) is 5. The lowest BCUT2D eigenvalue weighted by Gasteiger charge is -1.98. The van der Waals surface area contributed by atoms with Gasteiger partial charge in [0.25, 0.3) is 0 Å². The lowest BCUT2D eigenvalue weighted by Crippen LogP contribution is -2.18. The molecule has 1 N–H and O–H groups in total. The van der Waals surface area contributed by atoms with E-state index in [0.29, 0.717) is 0 Å². The second-order valence-corrected chi connectivity index (χ2v) is 1.93. The van der Waals surface area contributed by atoms with Crippen LogP contribution in [0.25, 0.3) is 0 Å². The molecule has 6 heteroatoms. The number of aliphatic imine (C=N–C) groups is 1. The predicted molar refractivity (Wildman–Crippen MR) is 37.7 cm³/mol. The summed E-state index contributed by atoms with van der Waals surface area (Å²) in [4.78, 5) is 32.0. The van der Waals surface area contributed by atoms with Gasteiger partial charge in [0.15, 0.2) is 0 Å². The fourth-order valence-electron chi connectivity index (χ4n) is 0.342. The molecule has 0 spiro atoms. The molecule has 0 rings (SSSR count). The van der Waals surface area contributed by atoms with E-state index in [1.165, 1.54) is 5.94 Å². The number of carboxylic acid groups (broad SMARTS) is 1. The summed E-state index contributed by atoms with van der Waals surface area (Å²) >= 11 is 3.44. The van der Waals surface area contributed by atoms with E-state index in [1.807, 2.05) is 0 Å². The monoisotopic (exact) mass is 173 g/mol. The molecule has 0 aliphatic carbocycles. The van der Waals surface area contributed by atoms with Gasteiger partial charge >= 0.3 is 5.97 Å². The number of carbonyl (C=O) groups is 1. The van der Waals surface area contributed by atoms with Crippen molar-refractivity contribution in [2.24, 2.45) is 4.99 Å². The molecule has 0 heterocycles. The highest BCUT2D eigenvalue weighted by Crippen LogP contribution is 2.06. The number of thiol groups is 1. The van der Waals surface area contributed by atoms with E-state index >= 15 is 0 Å². The summed E-state index contributed by atoms with van der Waals surface area (Å²) in [5.74, 6) is -0.234. The van der Waals surface area contributed by atoms with Crippen molar-refractivity contribution in [3.63, 3.8) is 0 Å². The average Bonchev–Trinajstić information content (AvgIpc) is 1.98. The Labute approximate surface area is 66.8 Å². The van der Waals surface area contributed by atoms with Crippen molar-refractivity contribution in [2.45, 2.75) is 6.04 Å². The SMILES string of the molecule is O=C=N[C@H](C(=O)O)C(S)=C=O. The molecule has 0 aliphatic rings. The quantitative estimate of drug-likeness (QED) is 0.259. The highest BCUT2D eigenvalue weighted by atomic mass is 32.1. The van der Waals surface area contributed by atoms with Gasteiger partial charge in [0, 0.05) is 0 Å². The molecule has 0 amide bonds. The summed E-state index contributed by atoms with van der Waals surface area (Å²) in [5.41, 5.74) is 0. The van der Waals surface area contributed by atoms with Gasteiger partial charge in [-0.3, -0.25) is 0 Å². The number of rotatable bonds is 3. The normalized spacial score (nSPS) is 10.6. The lowest BCUT2D eigenvalue weighted by atomic mass is 10.3. The minimum atomic E-state index is -1.58. The first kappa shape index (κ1) is 9.65. The van der Waals surface area contributed by atoms with Gasteiger partial charge in [0.1, 0.15) is 10.8 Å². The standard InChI is InChI=1S/C5H3NO4S/c7-1-3(11)4(5(9)10)6-2-8/h4,11H,(H,9,10)/t4-/m0/s1. The topological polar surface area (TPSA) is 83.8 Å². The zero-order chi connectivity index (χ0) is 8.85. The molecule has 0 aromatic carbocycles. The predicted octanol–water partition coefficient (Wildman–Crippen LogP) is -0.579. The van der Waals surface area contributed by atoms with E-state index in [4.69, 9.17) is 5.11 Å². The lowest BCUT2D eigenvalue weighted by molar-refractivity contribution is -0.137. The molecule has 0 saturated heterocycles. The molecule has 0 fully saturated rings. The first-order valence-corrected chi connectivity index (χ1v) is 2.82. The van der Waals surface area contributed by atoms with E-state index in [9.17, 15) is 14.4 Å². The van der Waals surface area contributed by atoms with Crippen molar-refractivity contribution >= 4 is 30.6 Å². The van der Waals surface area contributed by atoms with Gasteiger partial charge in [0.05, 0.1) is 0 Å². The maximum absolute atomic E-state index is 10.2.